The molecule has 0 spiro atoms. The van der Waals surface area contributed by atoms with E-state index in [0.717, 1.165) is 11.8 Å². The molecule has 1 aromatic rings. The monoisotopic (exact) mass is 429 g/mol. The largest absolute Gasteiger partial charge is 0.297 e. The van der Waals surface area contributed by atoms with Crippen LogP contribution in [0.25, 0.3) is 0 Å². The molecule has 0 saturated carbocycles. The maximum Gasteiger partial charge on any atom is 0.297 e. The van der Waals surface area contributed by atoms with E-state index in [0.29, 0.717) is 0 Å². The first-order valence-corrected chi connectivity index (χ1v) is 11.1. The topological polar surface area (TPSA) is 0 Å². The van der Waals surface area contributed by atoms with Crippen LogP contribution in [0.1, 0.15) is 90.2 Å². The Balaban J connectivity index is 2.85. The zero-order chi connectivity index (χ0) is 17.1. The van der Waals surface area contributed by atoms with E-state index in [1.807, 2.05) is 0 Å². The van der Waals surface area contributed by atoms with E-state index in [1.54, 1.807) is 11.1 Å². The number of hydrogen-bond donors (Lipinski definition) is 0. The van der Waals surface area contributed by atoms with Gasteiger partial charge in [-0.3, -0.25) is 0 Å². The van der Waals surface area contributed by atoms with Crippen LogP contribution < -0.4 is 22.6 Å². The SMILES string of the molecule is CCCCC(CC)Cc1cccc([IH+])c1CC(CC)CCCC. The van der Waals surface area contributed by atoms with Crippen LogP contribution in [0.5, 0.6) is 0 Å². The van der Waals surface area contributed by atoms with Crippen LogP contribution in [0.2, 0.25) is 0 Å². The molecule has 0 nitrogen and oxygen atoms in total. The molecule has 0 aliphatic heterocycles. The second kappa shape index (κ2) is 12.3. The molecule has 0 radical (unpaired) electrons. The molecule has 0 aliphatic carbocycles. The van der Waals surface area contributed by atoms with Gasteiger partial charge in [-0.2, -0.15) is 0 Å². The maximum atomic E-state index is 2.41. The fourth-order valence-electron chi connectivity index (χ4n) is 3.52. The van der Waals surface area contributed by atoms with Gasteiger partial charge >= 0.3 is 0 Å². The lowest BCUT2D eigenvalue weighted by Crippen LogP contribution is -3.34. The molecule has 0 amide bonds. The summed E-state index contributed by atoms with van der Waals surface area (Å²) in [5.74, 6) is 1.74. The quantitative estimate of drug-likeness (QED) is 0.445. The summed E-state index contributed by atoms with van der Waals surface area (Å²) >= 11 is 2.24. The van der Waals surface area contributed by atoms with Crippen LogP contribution in [0.4, 0.5) is 0 Å². The van der Waals surface area contributed by atoms with E-state index < -0.39 is 0 Å². The normalized spacial score (nSPS) is 14.0. The van der Waals surface area contributed by atoms with Crippen LogP contribution in [-0.2, 0) is 12.8 Å². The van der Waals surface area contributed by atoms with Gasteiger partial charge in [0.25, 0.3) is 22.6 Å². The van der Waals surface area contributed by atoms with Crippen molar-refractivity contribution in [3.63, 3.8) is 0 Å². The zero-order valence-corrected chi connectivity index (χ0v) is 18.2. The predicted molar refractivity (Wildman–Crippen MR) is 101 cm³/mol. The molecule has 23 heavy (non-hydrogen) atoms. The Morgan fingerprint density at radius 2 is 1.39 bits per heavy atom. The second-order valence-corrected chi connectivity index (χ2v) is 8.39. The molecule has 0 aliphatic rings. The fourth-order valence-corrected chi connectivity index (χ4v) is 4.36. The molecule has 0 aromatic heterocycles. The minimum absolute atomic E-state index is 0.868. The van der Waals surface area contributed by atoms with Crippen LogP contribution in [0, 0.1) is 15.4 Å². The molecule has 1 heteroatoms. The summed E-state index contributed by atoms with van der Waals surface area (Å²) in [4.78, 5) is 0. The summed E-state index contributed by atoms with van der Waals surface area (Å²) in [6, 6.07) is 7.00. The standard InChI is InChI=1S/C22H38I/c1-5-9-12-18(7-3)16-20-14-11-15-22(23)21(20)17-19(8-4)13-10-6-2/h11,14-15,18-19,23H,5-10,12-13,16-17H2,1-4H3/q+1. The van der Waals surface area contributed by atoms with Gasteiger partial charge in [0.05, 0.1) is 0 Å². The fraction of sp³-hybridized carbons (Fsp3) is 0.727. The van der Waals surface area contributed by atoms with Crippen molar-refractivity contribution >= 4 is 0 Å². The summed E-state index contributed by atoms with van der Waals surface area (Å²) in [7, 11) is 0. The highest BCUT2D eigenvalue weighted by Gasteiger charge is 2.18. The number of benzene rings is 1. The third kappa shape index (κ3) is 7.58. The van der Waals surface area contributed by atoms with Crippen molar-refractivity contribution in [2.75, 3.05) is 0 Å². The molecule has 2 unspecified atom stereocenters. The Morgan fingerprint density at radius 3 is 1.91 bits per heavy atom. The summed E-state index contributed by atoms with van der Waals surface area (Å²) in [6.45, 7) is 9.36. The zero-order valence-electron chi connectivity index (χ0n) is 15.9. The molecule has 0 heterocycles. The summed E-state index contributed by atoms with van der Waals surface area (Å²) in [5.41, 5.74) is 3.32. The minimum atomic E-state index is 0.868. The van der Waals surface area contributed by atoms with Crippen LogP contribution in [-0.4, -0.2) is 0 Å². The average Bonchev–Trinajstić information content (AvgIpc) is 2.57. The summed E-state index contributed by atoms with van der Waals surface area (Å²) in [6.07, 6.45) is 13.4. The Morgan fingerprint density at radius 1 is 0.826 bits per heavy atom. The highest BCUT2D eigenvalue weighted by Crippen LogP contribution is 2.25. The summed E-state index contributed by atoms with van der Waals surface area (Å²) < 4.78 is 1.53. The maximum absolute atomic E-state index is 2.41. The molecule has 0 N–H and O–H groups in total. The average molecular weight is 429 g/mol. The van der Waals surface area contributed by atoms with Crippen molar-refractivity contribution in [3.8, 4) is 0 Å². The number of hydrogen-bond acceptors (Lipinski definition) is 0. The minimum Gasteiger partial charge on any atom is -0.0654 e. The van der Waals surface area contributed by atoms with Gasteiger partial charge in [0.2, 0.25) is 0 Å². The van der Waals surface area contributed by atoms with E-state index in [9.17, 15) is 0 Å². The number of unbranched alkanes of at least 4 members (excludes halogenated alkanes) is 2. The van der Waals surface area contributed by atoms with Crippen molar-refractivity contribution in [3.05, 3.63) is 32.9 Å². The highest BCUT2D eigenvalue weighted by molar-refractivity contribution is 5.27. The molecule has 1 rings (SSSR count). The lowest BCUT2D eigenvalue weighted by atomic mass is 9.85. The first-order chi connectivity index (χ1) is 11.2. The van der Waals surface area contributed by atoms with E-state index >= 15 is 0 Å². The summed E-state index contributed by atoms with van der Waals surface area (Å²) in [5, 5.41) is 0. The third-order valence-electron chi connectivity index (χ3n) is 5.32. The Hall–Kier alpha value is -0.0500. The van der Waals surface area contributed by atoms with Crippen LogP contribution >= 0.6 is 0 Å². The molecule has 0 saturated heterocycles. The van der Waals surface area contributed by atoms with Crippen molar-refractivity contribution < 1.29 is 22.6 Å². The number of rotatable bonds is 12. The molecule has 0 fully saturated rings. The van der Waals surface area contributed by atoms with Gasteiger partial charge in [0, 0.05) is 5.56 Å². The van der Waals surface area contributed by atoms with Gasteiger partial charge in [-0.05, 0) is 36.3 Å². The van der Waals surface area contributed by atoms with Crippen LogP contribution in [0.3, 0.4) is 0 Å². The Bertz CT molecular complexity index is 424. The van der Waals surface area contributed by atoms with Gasteiger partial charge in [-0.25, -0.2) is 0 Å². The molecule has 2 atom stereocenters. The van der Waals surface area contributed by atoms with E-state index in [4.69, 9.17) is 0 Å². The molecule has 0 bridgehead atoms. The Labute approximate surface area is 159 Å². The lowest BCUT2D eigenvalue weighted by Gasteiger charge is -2.20. The van der Waals surface area contributed by atoms with Gasteiger partial charge < -0.3 is 0 Å². The first kappa shape index (κ1) is 21.0. The first-order valence-electron chi connectivity index (χ1n) is 9.93. The van der Waals surface area contributed by atoms with E-state index in [-0.39, 0.29) is 0 Å². The smallest absolute Gasteiger partial charge is 0.0654 e. The molecular formula is C22H38I+. The van der Waals surface area contributed by atoms with E-state index in [1.165, 1.54) is 67.8 Å². The number of halogens is 1. The molecule has 132 valence electrons. The van der Waals surface area contributed by atoms with Gasteiger partial charge in [-0.1, -0.05) is 91.2 Å². The van der Waals surface area contributed by atoms with Crippen molar-refractivity contribution in [1.29, 1.82) is 0 Å². The molecule has 1 aromatic carbocycles. The third-order valence-corrected chi connectivity index (χ3v) is 6.41. The van der Waals surface area contributed by atoms with Crippen LogP contribution in [0.15, 0.2) is 18.2 Å². The van der Waals surface area contributed by atoms with Crippen molar-refractivity contribution in [2.45, 2.75) is 91.9 Å². The van der Waals surface area contributed by atoms with Crippen molar-refractivity contribution in [2.24, 2.45) is 11.8 Å². The van der Waals surface area contributed by atoms with Gasteiger partial charge in [-0.15, -0.1) is 0 Å². The van der Waals surface area contributed by atoms with Crippen molar-refractivity contribution in [1.82, 2.24) is 0 Å². The van der Waals surface area contributed by atoms with Gasteiger partial charge in [0.15, 0.2) is 3.57 Å². The lowest BCUT2D eigenvalue weighted by molar-refractivity contribution is -0.329. The van der Waals surface area contributed by atoms with E-state index in [2.05, 4.69) is 68.5 Å². The highest BCUT2D eigenvalue weighted by atomic mass is 127. The van der Waals surface area contributed by atoms with Gasteiger partial charge in [0.1, 0.15) is 0 Å². The molecular weight excluding hydrogens is 391 g/mol. The predicted octanol–water partition coefficient (Wildman–Crippen LogP) is 3.66. The second-order valence-electron chi connectivity index (χ2n) is 7.14. The Kier molecular flexibility index (Phi) is 11.3.